The number of carbonyl (C=O) groups excluding carboxylic acids is 1. The Morgan fingerprint density at radius 1 is 1.25 bits per heavy atom. The van der Waals surface area contributed by atoms with Crippen LogP contribution in [0.2, 0.25) is 0 Å². The molecule has 0 aliphatic carbocycles. The van der Waals surface area contributed by atoms with E-state index < -0.39 is 5.97 Å². The van der Waals surface area contributed by atoms with Crippen LogP contribution in [0.15, 0.2) is 29.6 Å². The van der Waals surface area contributed by atoms with Crippen LogP contribution >= 0.6 is 22.7 Å². The summed E-state index contributed by atoms with van der Waals surface area (Å²) in [6, 6.07) is 7.03. The Kier molecular flexibility index (Phi) is 4.25. The van der Waals surface area contributed by atoms with Crippen molar-refractivity contribution in [3.8, 4) is 0 Å². The molecule has 4 nitrogen and oxygen atoms in total. The molecule has 1 amide bonds. The molecule has 20 heavy (non-hydrogen) atoms. The lowest BCUT2D eigenvalue weighted by Crippen LogP contribution is -2.35. The van der Waals surface area contributed by atoms with Crippen molar-refractivity contribution in [1.29, 1.82) is 0 Å². The van der Waals surface area contributed by atoms with Crippen LogP contribution in [0.1, 0.15) is 38.1 Å². The fraction of sp³-hybridized carbons (Fsp3) is 0.286. The lowest BCUT2D eigenvalue weighted by molar-refractivity contribution is 0.0702. The number of hydrogen-bond acceptors (Lipinski definition) is 4. The number of carbonyl (C=O) groups is 2. The van der Waals surface area contributed by atoms with Crippen LogP contribution in [0.25, 0.3) is 0 Å². The third kappa shape index (κ3) is 3.26. The van der Waals surface area contributed by atoms with Crippen LogP contribution in [0.4, 0.5) is 0 Å². The molecule has 106 valence electrons. The number of aromatic carboxylic acids is 1. The zero-order chi connectivity index (χ0) is 14.8. The second-order valence-electron chi connectivity index (χ2n) is 5.01. The Bertz CT molecular complexity index is 614. The first kappa shape index (κ1) is 14.7. The van der Waals surface area contributed by atoms with Crippen LogP contribution < -0.4 is 5.32 Å². The quantitative estimate of drug-likeness (QED) is 0.891. The third-order valence-corrected chi connectivity index (χ3v) is 5.23. The van der Waals surface area contributed by atoms with Crippen LogP contribution in [0, 0.1) is 0 Å². The molecule has 2 aromatic rings. The van der Waals surface area contributed by atoms with E-state index in [1.807, 2.05) is 17.5 Å². The summed E-state index contributed by atoms with van der Waals surface area (Å²) in [5, 5.41) is 13.7. The predicted molar refractivity (Wildman–Crippen MR) is 81.0 cm³/mol. The third-order valence-electron chi connectivity index (χ3n) is 2.92. The number of nitrogens with one attached hydrogen (secondary N) is 1. The molecule has 2 aromatic heterocycles. The highest BCUT2D eigenvalue weighted by Gasteiger charge is 2.23. The van der Waals surface area contributed by atoms with E-state index in [9.17, 15) is 9.59 Å². The van der Waals surface area contributed by atoms with Gasteiger partial charge < -0.3 is 10.4 Å². The van der Waals surface area contributed by atoms with Gasteiger partial charge >= 0.3 is 5.97 Å². The number of rotatable bonds is 5. The molecule has 2 heterocycles. The molecule has 0 saturated carbocycles. The van der Waals surface area contributed by atoms with Crippen LogP contribution in [-0.2, 0) is 5.41 Å². The minimum absolute atomic E-state index is 0.142. The molecule has 0 aromatic carbocycles. The number of carboxylic acids is 1. The van der Waals surface area contributed by atoms with E-state index in [4.69, 9.17) is 5.11 Å². The van der Waals surface area contributed by atoms with Gasteiger partial charge in [-0.25, -0.2) is 4.79 Å². The van der Waals surface area contributed by atoms with Gasteiger partial charge in [-0.1, -0.05) is 19.9 Å². The summed E-state index contributed by atoms with van der Waals surface area (Å²) in [6.45, 7) is 4.64. The molecule has 6 heteroatoms. The number of hydrogen-bond donors (Lipinski definition) is 2. The molecule has 0 atom stereocenters. The lowest BCUT2D eigenvalue weighted by atomic mass is 9.91. The number of thiophene rings is 2. The zero-order valence-corrected chi connectivity index (χ0v) is 12.8. The van der Waals surface area contributed by atoms with Gasteiger partial charge in [0.05, 0.1) is 4.88 Å². The van der Waals surface area contributed by atoms with Crippen molar-refractivity contribution in [1.82, 2.24) is 5.32 Å². The largest absolute Gasteiger partial charge is 0.477 e. The Labute approximate surface area is 125 Å². The average Bonchev–Trinajstić information content (AvgIpc) is 3.06. The number of amides is 1. The highest BCUT2D eigenvalue weighted by molar-refractivity contribution is 7.15. The maximum atomic E-state index is 12.0. The molecule has 0 bridgehead atoms. The van der Waals surface area contributed by atoms with Crippen molar-refractivity contribution in [3.05, 3.63) is 44.3 Å². The Hall–Kier alpha value is -1.66. The highest BCUT2D eigenvalue weighted by Crippen LogP contribution is 2.26. The first-order valence-electron chi connectivity index (χ1n) is 6.05. The van der Waals surface area contributed by atoms with Crippen molar-refractivity contribution < 1.29 is 14.7 Å². The second kappa shape index (κ2) is 5.76. The highest BCUT2D eigenvalue weighted by atomic mass is 32.1. The van der Waals surface area contributed by atoms with Crippen LogP contribution in [0.5, 0.6) is 0 Å². The van der Waals surface area contributed by atoms with E-state index in [0.29, 0.717) is 11.4 Å². The first-order valence-corrected chi connectivity index (χ1v) is 7.75. The van der Waals surface area contributed by atoms with Gasteiger partial charge in [0, 0.05) is 16.8 Å². The summed E-state index contributed by atoms with van der Waals surface area (Å²) in [5.74, 6) is -1.24. The maximum absolute atomic E-state index is 12.0. The molecule has 0 fully saturated rings. The Balaban J connectivity index is 1.99. The molecule has 2 rings (SSSR count). The van der Waals surface area contributed by atoms with E-state index >= 15 is 0 Å². The molecule has 0 spiro atoms. The van der Waals surface area contributed by atoms with E-state index in [1.165, 1.54) is 10.9 Å². The van der Waals surface area contributed by atoms with Gasteiger partial charge in [-0.3, -0.25) is 4.79 Å². The molecular weight excluding hydrogens is 294 g/mol. The summed E-state index contributed by atoms with van der Waals surface area (Å²) in [4.78, 5) is 24.6. The standard InChI is InChI=1S/C14H15NO3S2/c1-14(2,11-4-3-7-19-11)8-15-12(16)9-5-6-10(20-9)13(17)18/h3-7H,8H2,1-2H3,(H,15,16)(H,17,18). The van der Waals surface area contributed by atoms with E-state index in [1.54, 1.807) is 17.4 Å². The zero-order valence-electron chi connectivity index (χ0n) is 11.2. The summed E-state index contributed by atoms with van der Waals surface area (Å²) in [6.07, 6.45) is 0. The van der Waals surface area contributed by atoms with Crippen molar-refractivity contribution in [2.45, 2.75) is 19.3 Å². The van der Waals surface area contributed by atoms with E-state index in [0.717, 1.165) is 11.3 Å². The number of carboxylic acid groups (broad SMARTS) is 1. The SMILES string of the molecule is CC(C)(CNC(=O)c1ccc(C(=O)O)s1)c1cccs1. The summed E-state index contributed by atoms with van der Waals surface area (Å²) < 4.78 is 0. The predicted octanol–water partition coefficient (Wildman–Crippen LogP) is 3.22. The van der Waals surface area contributed by atoms with Gasteiger partial charge in [-0.2, -0.15) is 0 Å². The first-order chi connectivity index (χ1) is 9.40. The lowest BCUT2D eigenvalue weighted by Gasteiger charge is -2.23. The fourth-order valence-corrected chi connectivity index (χ4v) is 3.33. The minimum Gasteiger partial charge on any atom is -0.477 e. The second-order valence-corrected chi connectivity index (χ2v) is 7.04. The van der Waals surface area contributed by atoms with Crippen molar-refractivity contribution in [2.24, 2.45) is 0 Å². The maximum Gasteiger partial charge on any atom is 0.345 e. The average molecular weight is 309 g/mol. The fourth-order valence-electron chi connectivity index (χ4n) is 1.71. The summed E-state index contributed by atoms with van der Waals surface area (Å²) in [5.41, 5.74) is -0.142. The van der Waals surface area contributed by atoms with Gasteiger partial charge in [0.15, 0.2) is 0 Å². The molecule has 0 radical (unpaired) electrons. The molecule has 2 N–H and O–H groups in total. The monoisotopic (exact) mass is 309 g/mol. The topological polar surface area (TPSA) is 66.4 Å². The van der Waals surface area contributed by atoms with Crippen molar-refractivity contribution >= 4 is 34.6 Å². The minimum atomic E-state index is -1.01. The van der Waals surface area contributed by atoms with Gasteiger partial charge in [0.1, 0.15) is 4.88 Å². The van der Waals surface area contributed by atoms with Crippen LogP contribution in [0.3, 0.4) is 0 Å². The van der Waals surface area contributed by atoms with Gasteiger partial charge in [-0.15, -0.1) is 22.7 Å². The Morgan fingerprint density at radius 3 is 2.50 bits per heavy atom. The summed E-state index contributed by atoms with van der Waals surface area (Å²) >= 11 is 2.65. The molecular formula is C14H15NO3S2. The van der Waals surface area contributed by atoms with E-state index in [2.05, 4.69) is 19.2 Å². The van der Waals surface area contributed by atoms with Crippen molar-refractivity contribution in [3.63, 3.8) is 0 Å². The van der Waals surface area contributed by atoms with Crippen LogP contribution in [-0.4, -0.2) is 23.5 Å². The van der Waals surface area contributed by atoms with Gasteiger partial charge in [-0.05, 0) is 23.6 Å². The molecule has 0 aliphatic rings. The van der Waals surface area contributed by atoms with Crippen molar-refractivity contribution in [2.75, 3.05) is 6.54 Å². The normalized spacial score (nSPS) is 11.3. The smallest absolute Gasteiger partial charge is 0.345 e. The molecule has 0 aliphatic heterocycles. The van der Waals surface area contributed by atoms with E-state index in [-0.39, 0.29) is 16.2 Å². The molecule has 0 unspecified atom stereocenters. The summed E-state index contributed by atoms with van der Waals surface area (Å²) in [7, 11) is 0. The van der Waals surface area contributed by atoms with Gasteiger partial charge in [0.25, 0.3) is 5.91 Å². The molecule has 0 saturated heterocycles. The Morgan fingerprint density at radius 2 is 1.95 bits per heavy atom. The van der Waals surface area contributed by atoms with Gasteiger partial charge in [0.2, 0.25) is 0 Å².